The third kappa shape index (κ3) is 3.50. The summed E-state index contributed by atoms with van der Waals surface area (Å²) in [6.07, 6.45) is 0. The molecule has 0 radical (unpaired) electrons. The van der Waals surface area contributed by atoms with E-state index in [1.54, 1.807) is 0 Å². The van der Waals surface area contributed by atoms with Gasteiger partial charge in [0.2, 0.25) is 0 Å². The first kappa shape index (κ1) is 16.2. The smallest absolute Gasteiger partial charge is 0.0483 e. The summed E-state index contributed by atoms with van der Waals surface area (Å²) < 4.78 is 0. The van der Waals surface area contributed by atoms with E-state index < -0.39 is 0 Å². The number of halogens is 1. The largest absolute Gasteiger partial charge is 0.0836 e. The van der Waals surface area contributed by atoms with Gasteiger partial charge in [-0.25, -0.2) is 0 Å². The second kappa shape index (κ2) is 6.87. The first-order chi connectivity index (χ1) is 11.1. The Kier molecular flexibility index (Phi) is 4.85. The van der Waals surface area contributed by atoms with E-state index in [1.807, 2.05) is 12.1 Å². The Morgan fingerprint density at radius 3 is 1.96 bits per heavy atom. The zero-order chi connectivity index (χ0) is 16.4. The lowest BCUT2D eigenvalue weighted by molar-refractivity contribution is 1.32. The minimum Gasteiger partial charge on any atom is -0.0836 e. The lowest BCUT2D eigenvalue weighted by Gasteiger charge is -2.16. The highest BCUT2D eigenvalue weighted by atomic mass is 35.5. The summed E-state index contributed by atoms with van der Waals surface area (Å²) in [5.41, 5.74) is 6.65. The van der Waals surface area contributed by atoms with E-state index >= 15 is 0 Å². The van der Waals surface area contributed by atoms with Gasteiger partial charge >= 0.3 is 0 Å². The van der Waals surface area contributed by atoms with Gasteiger partial charge < -0.3 is 0 Å². The van der Waals surface area contributed by atoms with Crippen LogP contribution in [0.5, 0.6) is 0 Å². The van der Waals surface area contributed by atoms with E-state index in [0.29, 0.717) is 8.58 Å². The summed E-state index contributed by atoms with van der Waals surface area (Å²) in [4.78, 5) is 0. The molecule has 0 fully saturated rings. The molecular formula is C21H20ClP. The van der Waals surface area contributed by atoms with Crippen LogP contribution in [0.3, 0.4) is 0 Å². The molecule has 0 amide bonds. The van der Waals surface area contributed by atoms with Crippen molar-refractivity contribution >= 4 is 30.8 Å². The van der Waals surface area contributed by atoms with E-state index in [-0.39, 0.29) is 0 Å². The van der Waals surface area contributed by atoms with Crippen LogP contribution in [0.2, 0.25) is 5.02 Å². The summed E-state index contributed by atoms with van der Waals surface area (Å²) in [7, 11) is 0.558. The van der Waals surface area contributed by atoms with Crippen molar-refractivity contribution in [2.45, 2.75) is 20.8 Å². The van der Waals surface area contributed by atoms with Crippen molar-refractivity contribution in [2.75, 3.05) is 0 Å². The molecule has 0 aliphatic heterocycles. The van der Waals surface area contributed by atoms with Crippen molar-refractivity contribution in [3.05, 3.63) is 82.4 Å². The van der Waals surface area contributed by atoms with Crippen LogP contribution in [0.4, 0.5) is 0 Å². The normalized spacial score (nSPS) is 11.3. The molecule has 0 saturated carbocycles. The highest BCUT2D eigenvalue weighted by molar-refractivity contribution is 7.56. The molecule has 3 rings (SSSR count). The average molecular weight is 339 g/mol. The quantitative estimate of drug-likeness (QED) is 0.548. The molecule has 0 spiro atoms. The standard InChI is InChI=1S/C21H20ClP/c1-14-12-15(2)21(16(3)13-14)17-8-4-6-10-19(17)23-20-11-7-5-9-18(20)22/h4-13,23H,1-3H3. The fraction of sp³-hybridized carbons (Fsp3) is 0.143. The van der Waals surface area contributed by atoms with E-state index in [0.717, 1.165) is 5.02 Å². The monoisotopic (exact) mass is 338 g/mol. The maximum atomic E-state index is 6.36. The Labute approximate surface area is 145 Å². The molecule has 0 N–H and O–H groups in total. The number of benzene rings is 3. The lowest BCUT2D eigenvalue weighted by Crippen LogP contribution is -2.08. The van der Waals surface area contributed by atoms with E-state index in [9.17, 15) is 0 Å². The van der Waals surface area contributed by atoms with Crippen molar-refractivity contribution in [1.29, 1.82) is 0 Å². The number of hydrogen-bond donors (Lipinski definition) is 0. The predicted octanol–water partition coefficient (Wildman–Crippen LogP) is 5.56. The van der Waals surface area contributed by atoms with Gasteiger partial charge in [-0.3, -0.25) is 0 Å². The predicted molar refractivity (Wildman–Crippen MR) is 105 cm³/mol. The maximum Gasteiger partial charge on any atom is 0.0483 e. The number of aryl methyl sites for hydroxylation is 3. The fourth-order valence-electron chi connectivity index (χ4n) is 3.12. The van der Waals surface area contributed by atoms with Gasteiger partial charge in [0.25, 0.3) is 0 Å². The van der Waals surface area contributed by atoms with Gasteiger partial charge in [0.05, 0.1) is 0 Å². The third-order valence-electron chi connectivity index (χ3n) is 4.02. The van der Waals surface area contributed by atoms with Crippen LogP contribution in [0.15, 0.2) is 60.7 Å². The van der Waals surface area contributed by atoms with Crippen LogP contribution < -0.4 is 10.6 Å². The van der Waals surface area contributed by atoms with Crippen molar-refractivity contribution in [3.63, 3.8) is 0 Å². The molecule has 1 unspecified atom stereocenters. The summed E-state index contributed by atoms with van der Waals surface area (Å²) >= 11 is 6.36. The van der Waals surface area contributed by atoms with Gasteiger partial charge in [-0.2, -0.15) is 0 Å². The molecule has 0 bridgehead atoms. The Morgan fingerprint density at radius 1 is 0.739 bits per heavy atom. The molecule has 3 aromatic carbocycles. The summed E-state index contributed by atoms with van der Waals surface area (Å²) in [5, 5.41) is 3.39. The minimum absolute atomic E-state index is 0.558. The molecule has 0 nitrogen and oxygen atoms in total. The van der Waals surface area contributed by atoms with Crippen LogP contribution in [-0.4, -0.2) is 0 Å². The maximum absolute atomic E-state index is 6.36. The van der Waals surface area contributed by atoms with E-state index in [4.69, 9.17) is 11.6 Å². The van der Waals surface area contributed by atoms with Gasteiger partial charge in [-0.15, -0.1) is 0 Å². The number of hydrogen-bond acceptors (Lipinski definition) is 0. The summed E-state index contributed by atoms with van der Waals surface area (Å²) in [5.74, 6) is 0. The highest BCUT2D eigenvalue weighted by Gasteiger charge is 2.12. The van der Waals surface area contributed by atoms with Gasteiger partial charge in [0.15, 0.2) is 0 Å². The highest BCUT2D eigenvalue weighted by Crippen LogP contribution is 2.31. The van der Waals surface area contributed by atoms with E-state index in [2.05, 4.69) is 69.3 Å². The van der Waals surface area contributed by atoms with Crippen LogP contribution in [-0.2, 0) is 0 Å². The zero-order valence-electron chi connectivity index (χ0n) is 13.7. The lowest BCUT2D eigenvalue weighted by atomic mass is 9.94. The van der Waals surface area contributed by atoms with Crippen molar-refractivity contribution < 1.29 is 0 Å². The molecule has 23 heavy (non-hydrogen) atoms. The topological polar surface area (TPSA) is 0 Å². The molecule has 0 aliphatic carbocycles. The SMILES string of the molecule is Cc1cc(C)c(-c2ccccc2Pc2ccccc2Cl)c(C)c1. The number of rotatable bonds is 3. The second-order valence-electron chi connectivity index (χ2n) is 5.92. The average Bonchev–Trinajstić information content (AvgIpc) is 2.50. The Bertz CT molecular complexity index is 829. The third-order valence-corrected chi connectivity index (χ3v) is 5.92. The molecule has 1 atom stereocenters. The summed E-state index contributed by atoms with van der Waals surface area (Å²) in [6, 6.07) is 21.3. The molecule has 0 aromatic heterocycles. The Balaban J connectivity index is 2.11. The molecule has 3 aromatic rings. The first-order valence-corrected chi connectivity index (χ1v) is 9.13. The van der Waals surface area contributed by atoms with Gasteiger partial charge in [-0.1, -0.05) is 80.3 Å². The van der Waals surface area contributed by atoms with Crippen LogP contribution in [0.25, 0.3) is 11.1 Å². The second-order valence-corrected chi connectivity index (χ2v) is 7.66. The van der Waals surface area contributed by atoms with Crippen LogP contribution in [0.1, 0.15) is 16.7 Å². The van der Waals surface area contributed by atoms with Gasteiger partial charge in [0.1, 0.15) is 0 Å². The molecule has 2 heteroatoms. The molecular weight excluding hydrogens is 319 g/mol. The van der Waals surface area contributed by atoms with Crippen molar-refractivity contribution in [3.8, 4) is 11.1 Å². The molecule has 0 heterocycles. The summed E-state index contributed by atoms with van der Waals surface area (Å²) in [6.45, 7) is 6.55. The molecule has 116 valence electrons. The molecule has 0 aliphatic rings. The fourth-order valence-corrected chi connectivity index (χ4v) is 4.60. The van der Waals surface area contributed by atoms with Crippen molar-refractivity contribution in [2.24, 2.45) is 0 Å². The van der Waals surface area contributed by atoms with Crippen LogP contribution >= 0.6 is 20.2 Å². The Hall–Kier alpha value is -1.62. The minimum atomic E-state index is 0.558. The van der Waals surface area contributed by atoms with Gasteiger partial charge in [0, 0.05) is 5.02 Å². The first-order valence-electron chi connectivity index (χ1n) is 7.75. The molecule has 0 saturated heterocycles. The van der Waals surface area contributed by atoms with Crippen LogP contribution in [0, 0.1) is 20.8 Å². The van der Waals surface area contributed by atoms with E-state index in [1.165, 1.54) is 38.4 Å². The van der Waals surface area contributed by atoms with Gasteiger partial charge in [-0.05, 0) is 59.7 Å². The Morgan fingerprint density at radius 2 is 1.30 bits per heavy atom. The zero-order valence-corrected chi connectivity index (χ0v) is 15.4. The van der Waals surface area contributed by atoms with Crippen molar-refractivity contribution in [1.82, 2.24) is 0 Å².